The van der Waals surface area contributed by atoms with Crippen LogP contribution in [0.4, 0.5) is 11.4 Å². The van der Waals surface area contributed by atoms with E-state index in [0.29, 0.717) is 31.7 Å². The van der Waals surface area contributed by atoms with E-state index in [-0.39, 0.29) is 11.8 Å². The molecule has 0 aliphatic carbocycles. The third kappa shape index (κ3) is 7.31. The average Bonchev–Trinajstić information content (AvgIpc) is 2.45. The van der Waals surface area contributed by atoms with Crippen LogP contribution in [0, 0.1) is 0 Å². The van der Waals surface area contributed by atoms with Crippen molar-refractivity contribution in [1.82, 2.24) is 10.2 Å². The fraction of sp³-hybridized carbons (Fsp3) is 0.467. The Morgan fingerprint density at radius 2 is 1.86 bits per heavy atom. The Hall–Kier alpha value is -2.08. The van der Waals surface area contributed by atoms with Crippen LogP contribution in [0.1, 0.15) is 19.8 Å². The highest BCUT2D eigenvalue weighted by molar-refractivity contribution is 5.91. The fourth-order valence-corrected chi connectivity index (χ4v) is 1.73. The van der Waals surface area contributed by atoms with Crippen LogP contribution in [0.25, 0.3) is 0 Å². The Morgan fingerprint density at radius 1 is 1.19 bits per heavy atom. The Bertz CT molecular complexity index is 459. The van der Waals surface area contributed by atoms with Crippen LogP contribution >= 0.6 is 0 Å². The standard InChI is InChI=1S/C15H24N4O2/c1-3-9-17-15(21)11-19(2)10-8-14(20)18-13-6-4-12(16)5-7-13/h4-7H,3,8-11,16H2,1-2H3,(H,17,21)(H,18,20). The molecule has 0 saturated carbocycles. The van der Waals surface area contributed by atoms with E-state index < -0.39 is 0 Å². The van der Waals surface area contributed by atoms with Gasteiger partial charge in [-0.25, -0.2) is 0 Å². The summed E-state index contributed by atoms with van der Waals surface area (Å²) in [6.07, 6.45) is 1.25. The van der Waals surface area contributed by atoms with Crippen LogP contribution in [0.5, 0.6) is 0 Å². The first-order valence-electron chi connectivity index (χ1n) is 7.12. The molecule has 0 atom stereocenters. The molecule has 0 aliphatic heterocycles. The lowest BCUT2D eigenvalue weighted by Crippen LogP contribution is -2.36. The number of amides is 2. The molecule has 6 nitrogen and oxygen atoms in total. The maximum absolute atomic E-state index is 11.8. The van der Waals surface area contributed by atoms with Gasteiger partial charge in [0.2, 0.25) is 11.8 Å². The number of benzene rings is 1. The molecule has 2 amide bonds. The molecule has 0 aliphatic rings. The molecule has 6 heteroatoms. The van der Waals surface area contributed by atoms with Crippen molar-refractivity contribution in [2.75, 3.05) is 37.7 Å². The molecule has 0 unspecified atom stereocenters. The maximum atomic E-state index is 11.8. The summed E-state index contributed by atoms with van der Waals surface area (Å²) in [7, 11) is 1.82. The molecular weight excluding hydrogens is 268 g/mol. The second-order valence-corrected chi connectivity index (χ2v) is 5.01. The molecule has 0 saturated heterocycles. The zero-order valence-electron chi connectivity index (χ0n) is 12.7. The van der Waals surface area contributed by atoms with Gasteiger partial charge in [0.25, 0.3) is 0 Å². The molecule has 0 spiro atoms. The van der Waals surface area contributed by atoms with E-state index in [1.165, 1.54) is 0 Å². The van der Waals surface area contributed by atoms with Gasteiger partial charge in [0.05, 0.1) is 6.54 Å². The highest BCUT2D eigenvalue weighted by atomic mass is 16.2. The zero-order valence-corrected chi connectivity index (χ0v) is 12.7. The predicted octanol–water partition coefficient (Wildman–Crippen LogP) is 1.06. The second kappa shape index (κ2) is 8.97. The van der Waals surface area contributed by atoms with Gasteiger partial charge in [-0.3, -0.25) is 14.5 Å². The average molecular weight is 292 g/mol. The molecule has 21 heavy (non-hydrogen) atoms. The van der Waals surface area contributed by atoms with Gasteiger partial charge < -0.3 is 16.4 Å². The van der Waals surface area contributed by atoms with Crippen molar-refractivity contribution >= 4 is 23.2 Å². The Morgan fingerprint density at radius 3 is 2.48 bits per heavy atom. The Labute approximate surface area is 125 Å². The van der Waals surface area contributed by atoms with Crippen molar-refractivity contribution in [1.29, 1.82) is 0 Å². The first-order valence-corrected chi connectivity index (χ1v) is 7.12. The van der Waals surface area contributed by atoms with Crippen LogP contribution < -0.4 is 16.4 Å². The monoisotopic (exact) mass is 292 g/mol. The summed E-state index contributed by atoms with van der Waals surface area (Å²) >= 11 is 0. The number of nitrogens with one attached hydrogen (secondary N) is 2. The highest BCUT2D eigenvalue weighted by Crippen LogP contribution is 2.10. The van der Waals surface area contributed by atoms with Gasteiger partial charge in [0, 0.05) is 30.9 Å². The van der Waals surface area contributed by atoms with Gasteiger partial charge in [-0.2, -0.15) is 0 Å². The molecule has 0 radical (unpaired) electrons. The van der Waals surface area contributed by atoms with Gasteiger partial charge in [-0.15, -0.1) is 0 Å². The minimum absolute atomic E-state index is 0.0155. The van der Waals surface area contributed by atoms with E-state index >= 15 is 0 Å². The van der Waals surface area contributed by atoms with Crippen molar-refractivity contribution in [3.63, 3.8) is 0 Å². The number of carbonyl (C=O) groups excluding carboxylic acids is 2. The lowest BCUT2D eigenvalue weighted by molar-refractivity contribution is -0.122. The number of anilines is 2. The van der Waals surface area contributed by atoms with E-state index in [4.69, 9.17) is 5.73 Å². The maximum Gasteiger partial charge on any atom is 0.234 e. The summed E-state index contributed by atoms with van der Waals surface area (Å²) in [6.45, 7) is 3.52. The Kier molecular flexibility index (Phi) is 7.25. The van der Waals surface area contributed by atoms with Crippen molar-refractivity contribution < 1.29 is 9.59 Å². The largest absolute Gasteiger partial charge is 0.399 e. The van der Waals surface area contributed by atoms with Gasteiger partial charge in [0.1, 0.15) is 0 Å². The number of nitrogen functional groups attached to an aromatic ring is 1. The van der Waals surface area contributed by atoms with Gasteiger partial charge in [0.15, 0.2) is 0 Å². The Balaban J connectivity index is 2.25. The number of hydrogen-bond donors (Lipinski definition) is 3. The number of rotatable bonds is 8. The van der Waals surface area contributed by atoms with Crippen LogP contribution in [0.15, 0.2) is 24.3 Å². The SMILES string of the molecule is CCCNC(=O)CN(C)CCC(=O)Nc1ccc(N)cc1. The number of likely N-dealkylation sites (N-methyl/N-ethyl adjacent to an activating group) is 1. The highest BCUT2D eigenvalue weighted by Gasteiger charge is 2.08. The first kappa shape index (κ1) is 17.0. The van der Waals surface area contributed by atoms with Crippen LogP contribution in [-0.2, 0) is 9.59 Å². The quantitative estimate of drug-likeness (QED) is 0.625. The number of hydrogen-bond acceptors (Lipinski definition) is 4. The lowest BCUT2D eigenvalue weighted by Gasteiger charge is -2.15. The number of nitrogens with zero attached hydrogens (tertiary/aromatic N) is 1. The summed E-state index contributed by atoms with van der Waals surface area (Å²) in [5.74, 6) is -0.0983. The number of nitrogens with two attached hydrogens (primary N) is 1. The van der Waals surface area contributed by atoms with Crippen molar-refractivity contribution in [2.24, 2.45) is 0 Å². The molecular formula is C15H24N4O2. The second-order valence-electron chi connectivity index (χ2n) is 5.01. The van der Waals surface area contributed by atoms with E-state index in [2.05, 4.69) is 10.6 Å². The lowest BCUT2D eigenvalue weighted by atomic mass is 10.2. The van der Waals surface area contributed by atoms with E-state index in [1.54, 1.807) is 24.3 Å². The normalized spacial score (nSPS) is 10.4. The fourth-order valence-electron chi connectivity index (χ4n) is 1.73. The predicted molar refractivity (Wildman–Crippen MR) is 84.9 cm³/mol. The smallest absolute Gasteiger partial charge is 0.234 e. The van der Waals surface area contributed by atoms with E-state index in [9.17, 15) is 9.59 Å². The zero-order chi connectivity index (χ0) is 15.7. The molecule has 0 bridgehead atoms. The van der Waals surface area contributed by atoms with Crippen LogP contribution in [-0.4, -0.2) is 43.4 Å². The van der Waals surface area contributed by atoms with Gasteiger partial charge in [-0.1, -0.05) is 6.92 Å². The van der Waals surface area contributed by atoms with Crippen LogP contribution in [0.2, 0.25) is 0 Å². The summed E-state index contributed by atoms with van der Waals surface area (Å²) in [4.78, 5) is 25.1. The summed E-state index contributed by atoms with van der Waals surface area (Å²) in [5, 5.41) is 5.59. The topological polar surface area (TPSA) is 87.5 Å². The molecule has 1 aromatic rings. The molecule has 0 heterocycles. The third-order valence-corrected chi connectivity index (χ3v) is 2.90. The molecule has 1 rings (SSSR count). The summed E-state index contributed by atoms with van der Waals surface area (Å²) in [6, 6.07) is 6.99. The van der Waals surface area contributed by atoms with Crippen molar-refractivity contribution in [3.05, 3.63) is 24.3 Å². The minimum atomic E-state index is -0.0828. The minimum Gasteiger partial charge on any atom is -0.399 e. The summed E-state index contributed by atoms with van der Waals surface area (Å²) in [5.41, 5.74) is 6.96. The van der Waals surface area contributed by atoms with E-state index in [0.717, 1.165) is 12.1 Å². The van der Waals surface area contributed by atoms with Gasteiger partial charge >= 0.3 is 0 Å². The third-order valence-electron chi connectivity index (χ3n) is 2.90. The van der Waals surface area contributed by atoms with Crippen LogP contribution in [0.3, 0.4) is 0 Å². The van der Waals surface area contributed by atoms with E-state index in [1.807, 2.05) is 18.9 Å². The van der Waals surface area contributed by atoms with Gasteiger partial charge in [-0.05, 0) is 37.7 Å². The van der Waals surface area contributed by atoms with Crippen molar-refractivity contribution in [2.45, 2.75) is 19.8 Å². The molecule has 116 valence electrons. The number of carbonyl (C=O) groups is 2. The van der Waals surface area contributed by atoms with Crippen molar-refractivity contribution in [3.8, 4) is 0 Å². The molecule has 4 N–H and O–H groups in total. The molecule has 0 aromatic heterocycles. The molecule has 1 aromatic carbocycles. The first-order chi connectivity index (χ1) is 10.0. The molecule has 0 fully saturated rings. The summed E-state index contributed by atoms with van der Waals surface area (Å²) < 4.78 is 0.